The van der Waals surface area contributed by atoms with Crippen LogP contribution in [0.4, 0.5) is 4.39 Å². The summed E-state index contributed by atoms with van der Waals surface area (Å²) in [5.41, 5.74) is 1.59. The summed E-state index contributed by atoms with van der Waals surface area (Å²) in [6, 6.07) is 5.63. The van der Waals surface area contributed by atoms with E-state index in [1.165, 1.54) is 12.8 Å². The smallest absolute Gasteiger partial charge is 0.147 e. The van der Waals surface area contributed by atoms with E-state index in [2.05, 4.69) is 9.29 Å². The van der Waals surface area contributed by atoms with Crippen molar-refractivity contribution in [2.75, 3.05) is 13.1 Å². The Morgan fingerprint density at radius 3 is 2.76 bits per heavy atom. The number of aryl methyl sites for hydroxylation is 1. The van der Waals surface area contributed by atoms with Gasteiger partial charge in [0.2, 0.25) is 0 Å². The van der Waals surface area contributed by atoms with Crippen LogP contribution in [0.15, 0.2) is 23.2 Å². The molecule has 2 heterocycles. The fourth-order valence-corrected chi connectivity index (χ4v) is 3.33. The molecule has 3 rings (SSSR count). The van der Waals surface area contributed by atoms with Crippen molar-refractivity contribution in [1.82, 2.24) is 9.29 Å². The second-order valence-corrected chi connectivity index (χ2v) is 5.71. The summed E-state index contributed by atoms with van der Waals surface area (Å²) in [6.45, 7) is 4.17. The van der Waals surface area contributed by atoms with Gasteiger partial charge in [-0.15, -0.1) is 0 Å². The number of benzene rings is 1. The molecule has 1 aliphatic rings. The molecule has 2 nitrogen and oxygen atoms in total. The van der Waals surface area contributed by atoms with Crippen LogP contribution in [0.1, 0.15) is 18.4 Å². The summed E-state index contributed by atoms with van der Waals surface area (Å²) in [7, 11) is 0. The number of fused-ring (bicyclic) bond motifs is 1. The van der Waals surface area contributed by atoms with Gasteiger partial charge in [-0.2, -0.15) is 0 Å². The van der Waals surface area contributed by atoms with E-state index >= 15 is 0 Å². The Labute approximate surface area is 104 Å². The van der Waals surface area contributed by atoms with Crippen molar-refractivity contribution in [2.24, 2.45) is 0 Å². The second-order valence-electron chi connectivity index (χ2n) is 4.57. The molecule has 0 bridgehead atoms. The quantitative estimate of drug-likeness (QED) is 0.819. The van der Waals surface area contributed by atoms with Crippen LogP contribution in [0.5, 0.6) is 0 Å². The minimum Gasteiger partial charge on any atom is -0.346 e. The second kappa shape index (κ2) is 4.35. The lowest BCUT2D eigenvalue weighted by molar-refractivity contribution is 0.585. The van der Waals surface area contributed by atoms with Crippen molar-refractivity contribution in [3.8, 4) is 0 Å². The van der Waals surface area contributed by atoms with Crippen LogP contribution in [0.25, 0.3) is 10.9 Å². The van der Waals surface area contributed by atoms with Gasteiger partial charge in [-0.05, 0) is 55.5 Å². The molecule has 0 aliphatic carbocycles. The molecule has 0 saturated carbocycles. The zero-order chi connectivity index (χ0) is 11.8. The topological polar surface area (TPSA) is 19.0 Å². The van der Waals surface area contributed by atoms with Crippen molar-refractivity contribution in [1.29, 1.82) is 0 Å². The first kappa shape index (κ1) is 11.1. The number of nitrogens with zero attached hydrogens (tertiary/aromatic N) is 1. The van der Waals surface area contributed by atoms with Crippen LogP contribution in [0.3, 0.4) is 0 Å². The van der Waals surface area contributed by atoms with Gasteiger partial charge in [-0.3, -0.25) is 0 Å². The van der Waals surface area contributed by atoms with Crippen LogP contribution in [0.2, 0.25) is 0 Å². The maximum Gasteiger partial charge on any atom is 0.147 e. The van der Waals surface area contributed by atoms with Crippen molar-refractivity contribution in [3.63, 3.8) is 0 Å². The monoisotopic (exact) mass is 250 g/mol. The van der Waals surface area contributed by atoms with Gasteiger partial charge >= 0.3 is 0 Å². The van der Waals surface area contributed by atoms with Gasteiger partial charge in [0, 0.05) is 18.5 Å². The average molecular weight is 250 g/mol. The van der Waals surface area contributed by atoms with E-state index in [9.17, 15) is 4.39 Å². The molecule has 0 unspecified atom stereocenters. The zero-order valence-electron chi connectivity index (χ0n) is 9.79. The molecular weight excluding hydrogens is 235 g/mol. The zero-order valence-corrected chi connectivity index (χ0v) is 10.6. The molecule has 0 spiro atoms. The van der Waals surface area contributed by atoms with Gasteiger partial charge in [0.1, 0.15) is 5.82 Å². The van der Waals surface area contributed by atoms with Crippen molar-refractivity contribution >= 4 is 22.9 Å². The largest absolute Gasteiger partial charge is 0.346 e. The number of aromatic amines is 1. The lowest BCUT2D eigenvalue weighted by atomic mass is 10.2. The summed E-state index contributed by atoms with van der Waals surface area (Å²) in [4.78, 5) is 3.16. The minimum atomic E-state index is -0.159. The van der Waals surface area contributed by atoms with E-state index in [1.807, 2.05) is 19.1 Å². The Bertz CT molecular complexity index is 544. The van der Waals surface area contributed by atoms with Crippen LogP contribution in [-0.4, -0.2) is 22.4 Å². The summed E-state index contributed by atoms with van der Waals surface area (Å²) in [5.74, 6) is -0.159. The normalized spacial score (nSPS) is 17.1. The summed E-state index contributed by atoms with van der Waals surface area (Å²) < 4.78 is 16.0. The Morgan fingerprint density at radius 2 is 2.00 bits per heavy atom. The molecule has 90 valence electrons. The Balaban J connectivity index is 1.93. The molecule has 0 atom stereocenters. The van der Waals surface area contributed by atoms with Crippen LogP contribution in [-0.2, 0) is 0 Å². The van der Waals surface area contributed by atoms with Crippen molar-refractivity contribution in [3.05, 3.63) is 29.6 Å². The molecule has 2 aromatic rings. The van der Waals surface area contributed by atoms with E-state index in [1.54, 1.807) is 18.0 Å². The lowest BCUT2D eigenvalue weighted by Crippen LogP contribution is -2.08. The Kier molecular flexibility index (Phi) is 2.84. The van der Waals surface area contributed by atoms with E-state index in [0.29, 0.717) is 5.52 Å². The number of halogens is 1. The van der Waals surface area contributed by atoms with Crippen molar-refractivity contribution < 1.29 is 4.39 Å². The standard InChI is InChI=1S/C13H15FN2S/c1-9-6-10-8-12(15-13(10)11(14)7-9)17-16-4-2-3-5-16/h6-8,15H,2-5H2,1H3. The molecule has 17 heavy (non-hydrogen) atoms. The van der Waals surface area contributed by atoms with E-state index in [0.717, 1.165) is 29.1 Å². The number of H-pyrrole nitrogens is 1. The minimum absolute atomic E-state index is 0.159. The fourth-order valence-electron chi connectivity index (χ4n) is 2.28. The predicted molar refractivity (Wildman–Crippen MR) is 69.7 cm³/mol. The molecule has 1 aromatic heterocycles. The van der Waals surface area contributed by atoms with Gasteiger partial charge in [0.05, 0.1) is 10.5 Å². The first-order valence-corrected chi connectivity index (χ1v) is 6.71. The molecule has 0 radical (unpaired) electrons. The van der Waals surface area contributed by atoms with Gasteiger partial charge in [-0.25, -0.2) is 8.70 Å². The molecule has 4 heteroatoms. The highest BCUT2D eigenvalue weighted by molar-refractivity contribution is 7.97. The number of aromatic nitrogens is 1. The number of hydrogen-bond donors (Lipinski definition) is 1. The Hall–Kier alpha value is -1.00. The number of hydrogen-bond acceptors (Lipinski definition) is 2. The maximum absolute atomic E-state index is 13.7. The molecule has 1 saturated heterocycles. The fraction of sp³-hybridized carbons (Fsp3) is 0.385. The van der Waals surface area contributed by atoms with Gasteiger partial charge < -0.3 is 4.98 Å². The Morgan fingerprint density at radius 1 is 1.24 bits per heavy atom. The van der Waals surface area contributed by atoms with Crippen LogP contribution in [0, 0.1) is 12.7 Å². The molecule has 1 N–H and O–H groups in total. The van der Waals surface area contributed by atoms with E-state index in [4.69, 9.17) is 0 Å². The average Bonchev–Trinajstić information content (AvgIpc) is 2.87. The highest BCUT2D eigenvalue weighted by atomic mass is 32.2. The predicted octanol–water partition coefficient (Wildman–Crippen LogP) is 3.72. The van der Waals surface area contributed by atoms with Crippen LogP contribution >= 0.6 is 11.9 Å². The van der Waals surface area contributed by atoms with Crippen LogP contribution < -0.4 is 0 Å². The summed E-state index contributed by atoms with van der Waals surface area (Å²) in [6.07, 6.45) is 2.53. The van der Waals surface area contributed by atoms with Gasteiger partial charge in [-0.1, -0.05) is 0 Å². The summed E-state index contributed by atoms with van der Waals surface area (Å²) in [5, 5.41) is 2.00. The maximum atomic E-state index is 13.7. The SMILES string of the molecule is Cc1cc(F)c2[nH]c(SN3CCCC3)cc2c1. The van der Waals surface area contributed by atoms with E-state index in [-0.39, 0.29) is 5.82 Å². The molecule has 1 fully saturated rings. The first-order chi connectivity index (χ1) is 8.22. The summed E-state index contributed by atoms with van der Waals surface area (Å²) >= 11 is 1.70. The third-order valence-corrected chi connectivity index (χ3v) is 4.13. The number of nitrogens with one attached hydrogen (secondary N) is 1. The van der Waals surface area contributed by atoms with Gasteiger partial charge in [0.25, 0.3) is 0 Å². The third-order valence-electron chi connectivity index (χ3n) is 3.09. The van der Waals surface area contributed by atoms with E-state index < -0.39 is 0 Å². The highest BCUT2D eigenvalue weighted by Crippen LogP contribution is 2.30. The first-order valence-electron chi connectivity index (χ1n) is 5.94. The molecule has 1 aromatic carbocycles. The third kappa shape index (κ3) is 2.19. The molecule has 1 aliphatic heterocycles. The number of rotatable bonds is 2. The highest BCUT2D eigenvalue weighted by Gasteiger charge is 2.14. The van der Waals surface area contributed by atoms with Gasteiger partial charge in [0.15, 0.2) is 0 Å². The lowest BCUT2D eigenvalue weighted by Gasteiger charge is -2.10. The van der Waals surface area contributed by atoms with Crippen molar-refractivity contribution in [2.45, 2.75) is 24.8 Å². The molecule has 0 amide bonds. The molecular formula is C13H15FN2S.